The summed E-state index contributed by atoms with van der Waals surface area (Å²) in [5, 5.41) is 4.51. The van der Waals surface area contributed by atoms with E-state index in [4.69, 9.17) is 10.5 Å². The zero-order valence-corrected chi connectivity index (χ0v) is 15.4. The van der Waals surface area contributed by atoms with Gasteiger partial charge in [-0.1, -0.05) is 42.5 Å². The second-order valence-corrected chi connectivity index (χ2v) is 6.47. The second kappa shape index (κ2) is 7.98. The molecule has 1 aromatic heterocycles. The Morgan fingerprint density at radius 1 is 1.03 bits per heavy atom. The summed E-state index contributed by atoms with van der Waals surface area (Å²) in [6.45, 7) is 0.183. The Balaban J connectivity index is 1.77. The van der Waals surface area contributed by atoms with Crippen molar-refractivity contribution in [2.75, 3.05) is 5.32 Å². The van der Waals surface area contributed by atoms with Gasteiger partial charge in [-0.2, -0.15) is 0 Å². The summed E-state index contributed by atoms with van der Waals surface area (Å²) < 4.78 is 19.4. The van der Waals surface area contributed by atoms with Crippen LogP contribution in [0, 0.1) is 5.82 Å². The molecule has 144 valence electrons. The monoisotopic (exact) mass is 387 g/mol. The Kier molecular flexibility index (Phi) is 5.07. The molecule has 0 bridgehead atoms. The fourth-order valence-corrected chi connectivity index (χ4v) is 3.22. The molecule has 5 nitrogen and oxygen atoms in total. The van der Waals surface area contributed by atoms with Gasteiger partial charge in [0.15, 0.2) is 0 Å². The van der Waals surface area contributed by atoms with Crippen molar-refractivity contribution in [3.05, 3.63) is 90.4 Å². The number of amides is 2. The summed E-state index contributed by atoms with van der Waals surface area (Å²) in [5.74, 6) is 0.194. The second-order valence-electron chi connectivity index (χ2n) is 6.47. The molecule has 4 aromatic rings. The van der Waals surface area contributed by atoms with Gasteiger partial charge < -0.3 is 15.8 Å². The van der Waals surface area contributed by atoms with Crippen molar-refractivity contribution in [2.24, 2.45) is 5.73 Å². The number of benzene rings is 3. The minimum Gasteiger partial charge on any atom is -0.487 e. The molecule has 0 saturated carbocycles. The number of hydrogen-bond acceptors (Lipinski definition) is 3. The number of fused-ring (bicyclic) bond motifs is 1. The largest absolute Gasteiger partial charge is 0.487 e. The number of primary amides is 1. The Bertz CT molecular complexity index is 1190. The number of rotatable bonds is 5. The number of urea groups is 1. The molecular weight excluding hydrogens is 369 g/mol. The lowest BCUT2D eigenvalue weighted by Gasteiger charge is -2.16. The van der Waals surface area contributed by atoms with Crippen molar-refractivity contribution in [1.29, 1.82) is 0 Å². The van der Waals surface area contributed by atoms with Gasteiger partial charge in [-0.25, -0.2) is 9.18 Å². The summed E-state index contributed by atoms with van der Waals surface area (Å²) in [4.78, 5) is 16.1. The van der Waals surface area contributed by atoms with Gasteiger partial charge in [0.05, 0.1) is 5.69 Å². The molecule has 0 aliphatic rings. The summed E-state index contributed by atoms with van der Waals surface area (Å²) in [6, 6.07) is 20.6. The van der Waals surface area contributed by atoms with Gasteiger partial charge in [0.25, 0.3) is 0 Å². The van der Waals surface area contributed by atoms with Gasteiger partial charge in [0, 0.05) is 17.1 Å². The van der Waals surface area contributed by atoms with Crippen LogP contribution in [0.1, 0.15) is 5.56 Å². The van der Waals surface area contributed by atoms with Crippen molar-refractivity contribution in [3.8, 4) is 17.0 Å². The number of halogens is 1. The highest BCUT2D eigenvalue weighted by Crippen LogP contribution is 2.38. The molecule has 2 amide bonds. The zero-order valence-electron chi connectivity index (χ0n) is 15.4. The predicted molar refractivity (Wildman–Crippen MR) is 111 cm³/mol. The lowest BCUT2D eigenvalue weighted by molar-refractivity contribution is 0.259. The zero-order chi connectivity index (χ0) is 20.2. The van der Waals surface area contributed by atoms with Gasteiger partial charge in [-0.3, -0.25) is 4.98 Å². The van der Waals surface area contributed by atoms with E-state index in [-0.39, 0.29) is 12.4 Å². The minimum absolute atomic E-state index is 0.183. The van der Waals surface area contributed by atoms with Crippen molar-refractivity contribution >= 4 is 22.5 Å². The summed E-state index contributed by atoms with van der Waals surface area (Å²) in [6.07, 6.45) is 1.65. The highest BCUT2D eigenvalue weighted by molar-refractivity contribution is 6.07. The first-order valence-corrected chi connectivity index (χ1v) is 9.02. The number of nitrogens with one attached hydrogen (secondary N) is 1. The number of aromatic nitrogens is 1. The van der Waals surface area contributed by atoms with Crippen molar-refractivity contribution in [2.45, 2.75) is 6.61 Å². The Morgan fingerprint density at radius 3 is 2.72 bits per heavy atom. The van der Waals surface area contributed by atoms with E-state index >= 15 is 0 Å². The number of anilines is 1. The quantitative estimate of drug-likeness (QED) is 0.499. The molecule has 0 aliphatic heterocycles. The number of carbonyl (C=O) groups is 1. The lowest BCUT2D eigenvalue weighted by Crippen LogP contribution is -2.20. The first-order valence-electron chi connectivity index (χ1n) is 9.02. The summed E-state index contributed by atoms with van der Waals surface area (Å²) >= 11 is 0. The van der Waals surface area contributed by atoms with Crippen LogP contribution in [0.4, 0.5) is 14.9 Å². The normalized spacial score (nSPS) is 10.7. The van der Waals surface area contributed by atoms with E-state index in [2.05, 4.69) is 10.3 Å². The molecule has 4 rings (SSSR count). The fourth-order valence-electron chi connectivity index (χ4n) is 3.22. The first kappa shape index (κ1) is 18.4. The molecular formula is C23H18FN3O2. The topological polar surface area (TPSA) is 77.2 Å². The minimum atomic E-state index is -0.666. The van der Waals surface area contributed by atoms with E-state index in [0.29, 0.717) is 28.3 Å². The highest BCUT2D eigenvalue weighted by atomic mass is 19.1. The van der Waals surface area contributed by atoms with Crippen LogP contribution in [0.5, 0.6) is 5.75 Å². The van der Waals surface area contributed by atoms with E-state index in [0.717, 1.165) is 10.8 Å². The predicted octanol–water partition coefficient (Wildman–Crippen LogP) is 5.11. The summed E-state index contributed by atoms with van der Waals surface area (Å²) in [7, 11) is 0. The molecule has 0 aliphatic carbocycles. The number of ether oxygens (including phenoxy) is 1. The van der Waals surface area contributed by atoms with Crippen LogP contribution in [-0.2, 0) is 6.61 Å². The van der Waals surface area contributed by atoms with Crippen LogP contribution in [0.25, 0.3) is 22.0 Å². The maximum absolute atomic E-state index is 13.4. The molecule has 6 heteroatoms. The average Bonchev–Trinajstić information content (AvgIpc) is 2.73. The van der Waals surface area contributed by atoms with Gasteiger partial charge in [-0.05, 0) is 41.3 Å². The number of nitrogens with two attached hydrogens (primary N) is 1. The van der Waals surface area contributed by atoms with E-state index in [9.17, 15) is 9.18 Å². The number of carbonyl (C=O) groups excluding carboxylic acids is 1. The average molecular weight is 387 g/mol. The Labute approximate surface area is 167 Å². The van der Waals surface area contributed by atoms with Crippen LogP contribution in [0.15, 0.2) is 79.0 Å². The van der Waals surface area contributed by atoms with E-state index in [1.807, 2.05) is 36.4 Å². The molecule has 29 heavy (non-hydrogen) atoms. The van der Waals surface area contributed by atoms with Crippen molar-refractivity contribution < 1.29 is 13.9 Å². The third-order valence-corrected chi connectivity index (χ3v) is 4.49. The van der Waals surface area contributed by atoms with Crippen molar-refractivity contribution in [1.82, 2.24) is 4.98 Å². The van der Waals surface area contributed by atoms with Crippen molar-refractivity contribution in [3.63, 3.8) is 0 Å². The highest BCUT2D eigenvalue weighted by Gasteiger charge is 2.16. The van der Waals surface area contributed by atoms with Crippen LogP contribution >= 0.6 is 0 Å². The molecule has 0 spiro atoms. The SMILES string of the molecule is NC(=O)Nc1c(-c2ncccc2OCc2cccc(F)c2)ccc2ccccc12. The molecule has 0 radical (unpaired) electrons. The van der Waals surface area contributed by atoms with Crippen LogP contribution in [0.3, 0.4) is 0 Å². The van der Waals surface area contributed by atoms with E-state index in [1.54, 1.807) is 30.5 Å². The molecule has 3 aromatic carbocycles. The fraction of sp³-hybridized carbons (Fsp3) is 0.0435. The number of pyridine rings is 1. The van der Waals surface area contributed by atoms with Gasteiger partial charge in [-0.15, -0.1) is 0 Å². The molecule has 0 saturated heterocycles. The number of nitrogens with zero attached hydrogens (tertiary/aromatic N) is 1. The maximum atomic E-state index is 13.4. The van der Waals surface area contributed by atoms with Crippen LogP contribution in [-0.4, -0.2) is 11.0 Å². The summed E-state index contributed by atoms with van der Waals surface area (Å²) in [5.41, 5.74) is 7.91. The molecule has 1 heterocycles. The molecule has 0 fully saturated rings. The molecule has 0 unspecified atom stereocenters. The smallest absolute Gasteiger partial charge is 0.316 e. The van der Waals surface area contributed by atoms with E-state index in [1.165, 1.54) is 12.1 Å². The standard InChI is InChI=1S/C23H18FN3O2/c24-17-7-3-5-15(13-17)14-29-20-9-4-12-26-22(20)19-11-10-16-6-1-2-8-18(16)21(19)27-23(25)28/h1-13H,14H2,(H3,25,27,28). The number of hydrogen-bond donors (Lipinski definition) is 2. The maximum Gasteiger partial charge on any atom is 0.316 e. The Hall–Kier alpha value is -3.93. The van der Waals surface area contributed by atoms with Gasteiger partial charge >= 0.3 is 6.03 Å². The van der Waals surface area contributed by atoms with E-state index < -0.39 is 6.03 Å². The lowest BCUT2D eigenvalue weighted by atomic mass is 10.0. The molecule has 0 atom stereocenters. The van der Waals surface area contributed by atoms with Gasteiger partial charge in [0.2, 0.25) is 0 Å². The van der Waals surface area contributed by atoms with Crippen LogP contribution < -0.4 is 15.8 Å². The van der Waals surface area contributed by atoms with Gasteiger partial charge in [0.1, 0.15) is 23.9 Å². The Morgan fingerprint density at radius 2 is 1.90 bits per heavy atom. The molecule has 3 N–H and O–H groups in total. The first-order chi connectivity index (χ1) is 14.1. The van der Waals surface area contributed by atoms with Crippen LogP contribution in [0.2, 0.25) is 0 Å². The third-order valence-electron chi connectivity index (χ3n) is 4.49. The third kappa shape index (κ3) is 4.01.